The van der Waals surface area contributed by atoms with E-state index in [0.717, 1.165) is 0 Å². The maximum Gasteiger partial charge on any atom is 0.181 e. The monoisotopic (exact) mass is 331 g/mol. The molecule has 0 aliphatic rings. The van der Waals surface area contributed by atoms with Crippen molar-refractivity contribution in [3.8, 4) is 11.5 Å². The second kappa shape index (κ2) is 8.20. The molecule has 0 amide bonds. The van der Waals surface area contributed by atoms with E-state index in [0.29, 0.717) is 5.75 Å². The minimum Gasteiger partial charge on any atom is -0.453 e. The highest BCUT2D eigenvalue weighted by atomic mass is 35.5. The Morgan fingerprint density at radius 1 is 1.19 bits per heavy atom. The van der Waals surface area contributed by atoms with Crippen LogP contribution in [0.15, 0.2) is 42.5 Å². The summed E-state index contributed by atoms with van der Waals surface area (Å²) in [5.41, 5.74) is 6.09. The first kappa shape index (κ1) is 17.7. The molecule has 21 heavy (non-hydrogen) atoms. The zero-order valence-electron chi connectivity index (χ0n) is 11.1. The SMILES string of the molecule is Cl.N[C@H](CCO)c1ccc(Cl)c(Oc2ccccc2)c1F. The summed E-state index contributed by atoms with van der Waals surface area (Å²) < 4.78 is 19.9. The number of halogens is 3. The quantitative estimate of drug-likeness (QED) is 0.868. The number of hydrogen-bond donors (Lipinski definition) is 2. The number of para-hydroxylation sites is 1. The number of nitrogens with two attached hydrogens (primary N) is 1. The van der Waals surface area contributed by atoms with Crippen molar-refractivity contribution in [3.63, 3.8) is 0 Å². The Bertz CT molecular complexity index is 581. The molecule has 0 heterocycles. The highest BCUT2D eigenvalue weighted by Gasteiger charge is 2.18. The predicted molar refractivity (Wildman–Crippen MR) is 83.8 cm³/mol. The molecule has 2 aromatic rings. The zero-order valence-corrected chi connectivity index (χ0v) is 12.7. The van der Waals surface area contributed by atoms with Crippen molar-refractivity contribution < 1.29 is 14.2 Å². The molecule has 3 N–H and O–H groups in total. The molecule has 6 heteroatoms. The Labute approximate surface area is 133 Å². The van der Waals surface area contributed by atoms with E-state index >= 15 is 0 Å². The van der Waals surface area contributed by atoms with Crippen molar-refractivity contribution in [2.75, 3.05) is 6.61 Å². The lowest BCUT2D eigenvalue weighted by Crippen LogP contribution is -2.14. The van der Waals surface area contributed by atoms with Gasteiger partial charge in [0.15, 0.2) is 11.6 Å². The fourth-order valence-electron chi connectivity index (χ4n) is 1.83. The first-order valence-corrected chi connectivity index (χ1v) is 6.58. The van der Waals surface area contributed by atoms with Crippen LogP contribution in [0.25, 0.3) is 0 Å². The highest BCUT2D eigenvalue weighted by molar-refractivity contribution is 6.32. The average Bonchev–Trinajstić information content (AvgIpc) is 2.45. The third kappa shape index (κ3) is 4.32. The average molecular weight is 332 g/mol. The number of ether oxygens (including phenoxy) is 1. The van der Waals surface area contributed by atoms with E-state index < -0.39 is 11.9 Å². The van der Waals surface area contributed by atoms with Crippen LogP contribution in [0.5, 0.6) is 11.5 Å². The van der Waals surface area contributed by atoms with Crippen molar-refractivity contribution in [1.29, 1.82) is 0 Å². The number of benzene rings is 2. The molecule has 0 radical (unpaired) electrons. The molecule has 0 saturated carbocycles. The number of rotatable bonds is 5. The molecular formula is C15H16Cl2FNO2. The topological polar surface area (TPSA) is 55.5 Å². The van der Waals surface area contributed by atoms with Gasteiger partial charge in [0.05, 0.1) is 5.02 Å². The van der Waals surface area contributed by atoms with Crippen LogP contribution in [-0.4, -0.2) is 11.7 Å². The second-order valence-corrected chi connectivity index (χ2v) is 4.72. The van der Waals surface area contributed by atoms with Gasteiger partial charge in [0, 0.05) is 18.2 Å². The smallest absolute Gasteiger partial charge is 0.181 e. The van der Waals surface area contributed by atoms with E-state index in [1.165, 1.54) is 12.1 Å². The lowest BCUT2D eigenvalue weighted by Gasteiger charge is -2.15. The summed E-state index contributed by atoms with van der Waals surface area (Å²) in [6.07, 6.45) is 0.267. The molecule has 2 aromatic carbocycles. The molecule has 0 spiro atoms. The number of aliphatic hydroxyl groups excluding tert-OH is 1. The standard InChI is InChI=1S/C15H15ClFNO2.ClH/c16-12-7-6-11(13(18)8-9-19)14(17)15(12)20-10-4-2-1-3-5-10;/h1-7,13,19H,8-9,18H2;1H/t13-;/m1./s1. The Kier molecular flexibility index (Phi) is 6.92. The highest BCUT2D eigenvalue weighted by Crippen LogP contribution is 2.35. The maximum atomic E-state index is 14.4. The maximum absolute atomic E-state index is 14.4. The fourth-order valence-corrected chi connectivity index (χ4v) is 2.01. The van der Waals surface area contributed by atoms with Gasteiger partial charge in [-0.3, -0.25) is 0 Å². The Balaban J connectivity index is 0.00000220. The van der Waals surface area contributed by atoms with Crippen molar-refractivity contribution in [1.82, 2.24) is 0 Å². The van der Waals surface area contributed by atoms with Crippen LogP contribution < -0.4 is 10.5 Å². The van der Waals surface area contributed by atoms with Crippen LogP contribution >= 0.6 is 24.0 Å². The predicted octanol–water partition coefficient (Wildman–Crippen LogP) is 4.08. The summed E-state index contributed by atoms with van der Waals surface area (Å²) in [6.45, 7) is -0.113. The molecule has 114 valence electrons. The summed E-state index contributed by atoms with van der Waals surface area (Å²) >= 11 is 5.98. The third-order valence-electron chi connectivity index (χ3n) is 2.88. The molecule has 3 nitrogen and oxygen atoms in total. The van der Waals surface area contributed by atoms with Crippen LogP contribution in [0.4, 0.5) is 4.39 Å². The van der Waals surface area contributed by atoms with Crippen LogP contribution in [0.1, 0.15) is 18.0 Å². The first-order valence-electron chi connectivity index (χ1n) is 6.20. The molecule has 0 unspecified atom stereocenters. The lowest BCUT2D eigenvalue weighted by atomic mass is 10.0. The van der Waals surface area contributed by atoms with Crippen LogP contribution in [0.3, 0.4) is 0 Å². The van der Waals surface area contributed by atoms with E-state index in [1.807, 2.05) is 6.07 Å². The molecule has 0 fully saturated rings. The van der Waals surface area contributed by atoms with Crippen molar-refractivity contribution in [3.05, 3.63) is 58.9 Å². The molecule has 0 aliphatic carbocycles. The molecule has 0 aromatic heterocycles. The van der Waals surface area contributed by atoms with Crippen LogP contribution in [-0.2, 0) is 0 Å². The zero-order chi connectivity index (χ0) is 14.5. The number of hydrogen-bond acceptors (Lipinski definition) is 3. The Hall–Kier alpha value is -1.33. The van der Waals surface area contributed by atoms with Gasteiger partial charge in [-0.25, -0.2) is 4.39 Å². The van der Waals surface area contributed by atoms with Crippen molar-refractivity contribution >= 4 is 24.0 Å². The first-order chi connectivity index (χ1) is 9.63. The molecule has 2 rings (SSSR count). The van der Waals surface area contributed by atoms with Crippen LogP contribution in [0, 0.1) is 5.82 Å². The summed E-state index contributed by atoms with van der Waals surface area (Å²) in [6, 6.07) is 11.2. The number of aliphatic hydroxyl groups is 1. The third-order valence-corrected chi connectivity index (χ3v) is 3.18. The Morgan fingerprint density at radius 3 is 2.48 bits per heavy atom. The van der Waals surface area contributed by atoms with Gasteiger partial charge in [-0.2, -0.15) is 0 Å². The minimum absolute atomic E-state index is 0. The van der Waals surface area contributed by atoms with Gasteiger partial charge in [0.2, 0.25) is 0 Å². The van der Waals surface area contributed by atoms with Gasteiger partial charge in [-0.05, 0) is 24.6 Å². The molecular weight excluding hydrogens is 316 g/mol. The van der Waals surface area contributed by atoms with E-state index in [1.54, 1.807) is 24.3 Å². The van der Waals surface area contributed by atoms with Gasteiger partial charge < -0.3 is 15.6 Å². The minimum atomic E-state index is -0.601. The molecule has 1 atom stereocenters. The van der Waals surface area contributed by atoms with E-state index in [2.05, 4.69) is 0 Å². The second-order valence-electron chi connectivity index (χ2n) is 4.31. The Morgan fingerprint density at radius 2 is 1.86 bits per heavy atom. The van der Waals surface area contributed by atoms with Gasteiger partial charge in [-0.1, -0.05) is 35.9 Å². The van der Waals surface area contributed by atoms with E-state index in [9.17, 15) is 4.39 Å². The normalized spacial score (nSPS) is 11.6. The largest absolute Gasteiger partial charge is 0.453 e. The van der Waals surface area contributed by atoms with Crippen molar-refractivity contribution in [2.45, 2.75) is 12.5 Å². The summed E-state index contributed by atoms with van der Waals surface area (Å²) in [7, 11) is 0. The lowest BCUT2D eigenvalue weighted by molar-refractivity contribution is 0.275. The van der Waals surface area contributed by atoms with Crippen molar-refractivity contribution in [2.24, 2.45) is 5.73 Å². The van der Waals surface area contributed by atoms with E-state index in [4.69, 9.17) is 27.2 Å². The van der Waals surface area contributed by atoms with Gasteiger partial charge >= 0.3 is 0 Å². The fraction of sp³-hybridized carbons (Fsp3) is 0.200. The van der Waals surface area contributed by atoms with Crippen LogP contribution in [0.2, 0.25) is 5.02 Å². The van der Waals surface area contributed by atoms with Gasteiger partial charge in [-0.15, -0.1) is 12.4 Å². The molecule has 0 aliphatic heterocycles. The summed E-state index contributed by atoms with van der Waals surface area (Å²) in [4.78, 5) is 0. The molecule has 0 bridgehead atoms. The van der Waals surface area contributed by atoms with Gasteiger partial charge in [0.25, 0.3) is 0 Å². The van der Waals surface area contributed by atoms with E-state index in [-0.39, 0.29) is 41.8 Å². The van der Waals surface area contributed by atoms with Gasteiger partial charge in [0.1, 0.15) is 5.75 Å². The summed E-state index contributed by atoms with van der Waals surface area (Å²) in [5, 5.41) is 9.06. The molecule has 0 saturated heterocycles. The summed E-state index contributed by atoms with van der Waals surface area (Å²) in [5.74, 6) is -0.160.